The Labute approximate surface area is 102 Å². The fourth-order valence-electron chi connectivity index (χ4n) is 2.01. The van der Waals surface area contributed by atoms with Crippen molar-refractivity contribution >= 4 is 17.8 Å². The number of carbonyl (C=O) groups excluding carboxylic acids is 2. The predicted octanol–water partition coefficient (Wildman–Crippen LogP) is 0.0677. The van der Waals surface area contributed by atoms with Gasteiger partial charge in [0.1, 0.15) is 6.04 Å². The number of rotatable bonds is 3. The van der Waals surface area contributed by atoms with Gasteiger partial charge in [0.05, 0.1) is 0 Å². The molecular weight excluding hydrogens is 240 g/mol. The van der Waals surface area contributed by atoms with E-state index in [-0.39, 0.29) is 11.5 Å². The second-order valence-electron chi connectivity index (χ2n) is 4.03. The zero-order valence-corrected chi connectivity index (χ0v) is 9.46. The molecule has 1 fully saturated rings. The fraction of sp³-hybridized carbons (Fsp3) is 0.364. The minimum Gasteiger partial charge on any atom is -0.475 e. The lowest BCUT2D eigenvalue weighted by Gasteiger charge is -2.20. The molecular formula is C11H12N2O5. The zero-order chi connectivity index (χ0) is 13.3. The van der Waals surface area contributed by atoms with Crippen molar-refractivity contribution < 1.29 is 23.9 Å². The van der Waals surface area contributed by atoms with Crippen LogP contribution in [0.2, 0.25) is 0 Å². The van der Waals surface area contributed by atoms with Crippen molar-refractivity contribution in [3.8, 4) is 0 Å². The van der Waals surface area contributed by atoms with Crippen LogP contribution in [0.1, 0.15) is 34.0 Å². The Balaban J connectivity index is 2.20. The lowest BCUT2D eigenvalue weighted by atomic mass is 10.2. The van der Waals surface area contributed by atoms with Crippen LogP contribution in [0.3, 0.4) is 0 Å². The van der Waals surface area contributed by atoms with Crippen LogP contribution in [0.4, 0.5) is 0 Å². The number of likely N-dealkylation sites (tertiary alicyclic amines) is 1. The molecule has 1 aliphatic heterocycles. The Kier molecular flexibility index (Phi) is 3.05. The second-order valence-corrected chi connectivity index (χ2v) is 4.03. The van der Waals surface area contributed by atoms with Crippen LogP contribution < -0.4 is 5.73 Å². The summed E-state index contributed by atoms with van der Waals surface area (Å²) >= 11 is 0. The van der Waals surface area contributed by atoms with Crippen LogP contribution >= 0.6 is 0 Å². The summed E-state index contributed by atoms with van der Waals surface area (Å²) in [5.74, 6) is -2.73. The maximum atomic E-state index is 12.0. The highest BCUT2D eigenvalue weighted by Gasteiger charge is 2.34. The largest absolute Gasteiger partial charge is 0.475 e. The number of furan rings is 1. The van der Waals surface area contributed by atoms with Gasteiger partial charge in [-0.15, -0.1) is 0 Å². The molecule has 0 spiro atoms. The molecule has 2 heterocycles. The molecule has 3 N–H and O–H groups in total. The van der Waals surface area contributed by atoms with Gasteiger partial charge in [0.15, 0.2) is 5.76 Å². The molecule has 1 atom stereocenters. The molecule has 2 rings (SSSR count). The summed E-state index contributed by atoms with van der Waals surface area (Å²) in [6.07, 6.45) is 1.21. The van der Waals surface area contributed by atoms with Crippen LogP contribution in [0, 0.1) is 0 Å². The van der Waals surface area contributed by atoms with Crippen LogP contribution in [0.15, 0.2) is 16.5 Å². The first-order valence-electron chi connectivity index (χ1n) is 5.44. The van der Waals surface area contributed by atoms with Crippen molar-refractivity contribution in [2.24, 2.45) is 5.73 Å². The highest BCUT2D eigenvalue weighted by atomic mass is 16.4. The topological polar surface area (TPSA) is 114 Å². The van der Waals surface area contributed by atoms with E-state index in [1.807, 2.05) is 0 Å². The molecule has 0 radical (unpaired) electrons. The Hall–Kier alpha value is -2.31. The molecule has 1 saturated heterocycles. The number of carbonyl (C=O) groups is 3. The van der Waals surface area contributed by atoms with E-state index in [0.29, 0.717) is 19.4 Å². The van der Waals surface area contributed by atoms with Crippen LogP contribution in [-0.4, -0.2) is 40.4 Å². The molecule has 2 amide bonds. The maximum Gasteiger partial charge on any atom is 0.371 e. The fourth-order valence-corrected chi connectivity index (χ4v) is 2.01. The first-order chi connectivity index (χ1) is 8.50. The van der Waals surface area contributed by atoms with E-state index < -0.39 is 23.8 Å². The number of hydrogen-bond donors (Lipinski definition) is 2. The van der Waals surface area contributed by atoms with Crippen LogP contribution in [0.5, 0.6) is 0 Å². The Bertz CT molecular complexity index is 507. The standard InChI is InChI=1S/C11H12N2O5/c12-9(14)6-2-1-5-13(6)10(15)7-3-4-8(18-7)11(16)17/h3-4,6H,1-2,5H2,(H2,12,14)(H,16,17). The van der Waals surface area contributed by atoms with E-state index in [4.69, 9.17) is 15.3 Å². The van der Waals surface area contributed by atoms with Crippen molar-refractivity contribution in [1.29, 1.82) is 0 Å². The van der Waals surface area contributed by atoms with Gasteiger partial charge in [-0.3, -0.25) is 9.59 Å². The third-order valence-corrected chi connectivity index (χ3v) is 2.87. The Morgan fingerprint density at radius 2 is 2.00 bits per heavy atom. The highest BCUT2D eigenvalue weighted by Crippen LogP contribution is 2.20. The van der Waals surface area contributed by atoms with E-state index >= 15 is 0 Å². The van der Waals surface area contributed by atoms with Crippen LogP contribution in [0.25, 0.3) is 0 Å². The number of carboxylic acid groups (broad SMARTS) is 1. The Morgan fingerprint density at radius 1 is 1.33 bits per heavy atom. The van der Waals surface area contributed by atoms with Crippen molar-refractivity contribution in [3.63, 3.8) is 0 Å². The van der Waals surface area contributed by atoms with Gasteiger partial charge in [0, 0.05) is 6.54 Å². The number of nitrogens with zero attached hydrogens (tertiary/aromatic N) is 1. The molecule has 0 saturated carbocycles. The quantitative estimate of drug-likeness (QED) is 0.789. The number of carboxylic acids is 1. The molecule has 0 bridgehead atoms. The number of aromatic carboxylic acids is 1. The van der Waals surface area contributed by atoms with Gasteiger partial charge < -0.3 is 20.2 Å². The third-order valence-electron chi connectivity index (χ3n) is 2.87. The number of amides is 2. The van der Waals surface area contributed by atoms with Gasteiger partial charge in [0.2, 0.25) is 11.7 Å². The van der Waals surface area contributed by atoms with Gasteiger partial charge in [0.25, 0.3) is 5.91 Å². The molecule has 1 aromatic heterocycles. The monoisotopic (exact) mass is 252 g/mol. The zero-order valence-electron chi connectivity index (χ0n) is 9.46. The van der Waals surface area contributed by atoms with E-state index in [0.717, 1.165) is 0 Å². The van der Waals surface area contributed by atoms with Crippen molar-refractivity contribution in [2.45, 2.75) is 18.9 Å². The summed E-state index contributed by atoms with van der Waals surface area (Å²) in [6, 6.07) is 1.84. The average molecular weight is 252 g/mol. The highest BCUT2D eigenvalue weighted by molar-refractivity contribution is 5.96. The average Bonchev–Trinajstić information content (AvgIpc) is 2.97. The van der Waals surface area contributed by atoms with E-state index in [1.165, 1.54) is 17.0 Å². The minimum atomic E-state index is -1.25. The molecule has 0 aromatic carbocycles. The van der Waals surface area contributed by atoms with Crippen molar-refractivity contribution in [3.05, 3.63) is 23.7 Å². The summed E-state index contributed by atoms with van der Waals surface area (Å²) in [5.41, 5.74) is 5.20. The smallest absolute Gasteiger partial charge is 0.371 e. The van der Waals surface area contributed by atoms with Crippen LogP contribution in [-0.2, 0) is 4.79 Å². The van der Waals surface area contributed by atoms with Gasteiger partial charge in [-0.25, -0.2) is 4.79 Å². The number of nitrogens with two attached hydrogens (primary N) is 1. The van der Waals surface area contributed by atoms with E-state index in [1.54, 1.807) is 0 Å². The number of hydrogen-bond acceptors (Lipinski definition) is 4. The molecule has 7 nitrogen and oxygen atoms in total. The molecule has 0 aliphatic carbocycles. The SMILES string of the molecule is NC(=O)C1CCCN1C(=O)c1ccc(C(=O)O)o1. The summed E-state index contributed by atoms with van der Waals surface area (Å²) in [6.45, 7) is 0.412. The lowest BCUT2D eigenvalue weighted by molar-refractivity contribution is -0.121. The molecule has 1 aromatic rings. The van der Waals surface area contributed by atoms with Gasteiger partial charge in [-0.2, -0.15) is 0 Å². The summed E-state index contributed by atoms with van der Waals surface area (Å²) in [4.78, 5) is 35.1. The van der Waals surface area contributed by atoms with Gasteiger partial charge in [-0.1, -0.05) is 0 Å². The van der Waals surface area contributed by atoms with E-state index in [2.05, 4.69) is 0 Å². The van der Waals surface area contributed by atoms with Gasteiger partial charge in [-0.05, 0) is 25.0 Å². The van der Waals surface area contributed by atoms with E-state index in [9.17, 15) is 14.4 Å². The normalized spacial score (nSPS) is 18.9. The summed E-state index contributed by atoms with van der Waals surface area (Å²) in [7, 11) is 0. The Morgan fingerprint density at radius 3 is 2.56 bits per heavy atom. The molecule has 1 aliphatic rings. The van der Waals surface area contributed by atoms with Gasteiger partial charge >= 0.3 is 5.97 Å². The lowest BCUT2D eigenvalue weighted by Crippen LogP contribution is -2.43. The molecule has 1 unspecified atom stereocenters. The second kappa shape index (κ2) is 4.52. The number of primary amides is 1. The predicted molar refractivity (Wildman–Crippen MR) is 58.9 cm³/mol. The molecule has 96 valence electrons. The maximum absolute atomic E-state index is 12.0. The minimum absolute atomic E-state index is 0.0967. The first kappa shape index (κ1) is 12.2. The van der Waals surface area contributed by atoms with Crippen molar-refractivity contribution in [2.75, 3.05) is 6.54 Å². The van der Waals surface area contributed by atoms with Crippen molar-refractivity contribution in [1.82, 2.24) is 4.90 Å². The molecule has 7 heteroatoms. The molecule has 18 heavy (non-hydrogen) atoms. The third kappa shape index (κ3) is 2.06. The first-order valence-corrected chi connectivity index (χ1v) is 5.44. The summed E-state index contributed by atoms with van der Waals surface area (Å²) in [5, 5.41) is 8.69. The summed E-state index contributed by atoms with van der Waals surface area (Å²) < 4.78 is 4.90.